The number of hydrogen-bond acceptors (Lipinski definition) is 2. The first-order valence-electron chi connectivity index (χ1n) is 8.56. The van der Waals surface area contributed by atoms with E-state index in [1.807, 2.05) is 0 Å². The maximum absolute atomic E-state index is 12.8. The van der Waals surface area contributed by atoms with Crippen LogP contribution in [0.2, 0.25) is 0 Å². The minimum atomic E-state index is -4.27. The van der Waals surface area contributed by atoms with Gasteiger partial charge < -0.3 is 5.32 Å². The van der Waals surface area contributed by atoms with Crippen molar-refractivity contribution >= 4 is 0 Å². The number of piperazine rings is 1. The lowest BCUT2D eigenvalue weighted by atomic mass is 9.95. The van der Waals surface area contributed by atoms with Crippen molar-refractivity contribution in [2.75, 3.05) is 13.1 Å². The summed E-state index contributed by atoms with van der Waals surface area (Å²) in [4.78, 5) is 2.48. The van der Waals surface area contributed by atoms with Gasteiger partial charge in [-0.05, 0) is 37.0 Å². The van der Waals surface area contributed by atoms with Crippen molar-refractivity contribution in [2.45, 2.75) is 64.3 Å². The molecule has 1 aromatic carbocycles. The van der Waals surface area contributed by atoms with Crippen LogP contribution in [0, 0.1) is 0 Å². The van der Waals surface area contributed by atoms with Gasteiger partial charge in [-0.3, -0.25) is 4.90 Å². The lowest BCUT2D eigenvalue weighted by molar-refractivity contribution is -0.137. The summed E-state index contributed by atoms with van der Waals surface area (Å²) in [5.41, 5.74) is 0.408. The van der Waals surface area contributed by atoms with Gasteiger partial charge in [0, 0.05) is 31.2 Å². The number of halogens is 3. The van der Waals surface area contributed by atoms with Crippen LogP contribution in [0.25, 0.3) is 0 Å². The van der Waals surface area contributed by atoms with Gasteiger partial charge in [0.15, 0.2) is 0 Å². The molecule has 1 aliphatic heterocycles. The minimum Gasteiger partial charge on any atom is -0.311 e. The van der Waals surface area contributed by atoms with E-state index in [4.69, 9.17) is 0 Å². The Bertz CT molecular complexity index is 484. The summed E-state index contributed by atoms with van der Waals surface area (Å²) in [6.45, 7) is 8.35. The van der Waals surface area contributed by atoms with E-state index >= 15 is 0 Å². The third-order valence-corrected chi connectivity index (χ3v) is 4.92. The molecular formula is C18H27F3N2. The van der Waals surface area contributed by atoms with Crippen molar-refractivity contribution in [1.82, 2.24) is 10.2 Å². The Hall–Kier alpha value is -1.07. The Balaban J connectivity index is 2.23. The van der Waals surface area contributed by atoms with E-state index in [9.17, 15) is 13.2 Å². The molecule has 130 valence electrons. The van der Waals surface area contributed by atoms with Crippen LogP contribution in [0.5, 0.6) is 0 Å². The zero-order chi connectivity index (χ0) is 17.0. The largest absolute Gasteiger partial charge is 0.416 e. The van der Waals surface area contributed by atoms with Gasteiger partial charge in [0.05, 0.1) is 5.56 Å². The van der Waals surface area contributed by atoms with Gasteiger partial charge in [-0.2, -0.15) is 13.2 Å². The second kappa shape index (κ2) is 7.67. The first-order chi connectivity index (χ1) is 10.9. The predicted octanol–water partition coefficient (Wildman–Crippen LogP) is 4.62. The molecule has 23 heavy (non-hydrogen) atoms. The Kier molecular flexibility index (Phi) is 6.09. The van der Waals surface area contributed by atoms with E-state index in [-0.39, 0.29) is 6.04 Å². The smallest absolute Gasteiger partial charge is 0.311 e. The highest BCUT2D eigenvalue weighted by atomic mass is 19.4. The SMILES string of the molecule is CCC(c1ccc(C(F)(F)F)cc1)N1C[C@H](CC)NC[C@H]1CC. The molecule has 1 aromatic rings. The molecule has 2 nitrogen and oxygen atoms in total. The summed E-state index contributed by atoms with van der Waals surface area (Å²) >= 11 is 0. The lowest BCUT2D eigenvalue weighted by Gasteiger charge is -2.44. The molecule has 1 aliphatic rings. The van der Waals surface area contributed by atoms with Crippen molar-refractivity contribution in [1.29, 1.82) is 0 Å². The molecule has 0 amide bonds. The zero-order valence-electron chi connectivity index (χ0n) is 14.2. The van der Waals surface area contributed by atoms with Crippen LogP contribution < -0.4 is 5.32 Å². The van der Waals surface area contributed by atoms with E-state index in [0.29, 0.717) is 12.1 Å². The van der Waals surface area contributed by atoms with Crippen molar-refractivity contribution in [2.24, 2.45) is 0 Å². The van der Waals surface area contributed by atoms with Gasteiger partial charge >= 0.3 is 6.18 Å². The molecule has 1 N–H and O–H groups in total. The number of hydrogen-bond donors (Lipinski definition) is 1. The highest BCUT2D eigenvalue weighted by Gasteiger charge is 2.33. The van der Waals surface area contributed by atoms with E-state index in [1.165, 1.54) is 12.1 Å². The normalized spacial score (nSPS) is 24.6. The van der Waals surface area contributed by atoms with Crippen LogP contribution in [0.1, 0.15) is 57.2 Å². The molecule has 1 saturated heterocycles. The molecule has 0 saturated carbocycles. The van der Waals surface area contributed by atoms with E-state index < -0.39 is 11.7 Å². The standard InChI is InChI=1S/C18H27F3N2/c1-4-15-12-23(16(5-2)11-22-15)17(6-3)13-7-9-14(10-8-13)18(19,20)21/h7-10,15-17,22H,4-6,11-12H2,1-3H3/t15-,16+,17?/m0/s1. The number of rotatable bonds is 5. The highest BCUT2D eigenvalue weighted by molar-refractivity contribution is 5.27. The molecule has 0 bridgehead atoms. The molecule has 1 fully saturated rings. The van der Waals surface area contributed by atoms with Crippen LogP contribution in [-0.4, -0.2) is 30.1 Å². The van der Waals surface area contributed by atoms with E-state index in [0.717, 1.165) is 37.9 Å². The van der Waals surface area contributed by atoms with E-state index in [2.05, 4.69) is 31.0 Å². The average Bonchev–Trinajstić information content (AvgIpc) is 2.55. The molecule has 1 unspecified atom stereocenters. The second-order valence-electron chi connectivity index (χ2n) is 6.32. The Labute approximate surface area is 137 Å². The Morgan fingerprint density at radius 1 is 1.13 bits per heavy atom. The second-order valence-corrected chi connectivity index (χ2v) is 6.32. The van der Waals surface area contributed by atoms with Crippen molar-refractivity contribution in [3.05, 3.63) is 35.4 Å². The summed E-state index contributed by atoms with van der Waals surface area (Å²) in [7, 11) is 0. The summed E-state index contributed by atoms with van der Waals surface area (Å²) in [5.74, 6) is 0. The van der Waals surface area contributed by atoms with Crippen LogP contribution in [0.15, 0.2) is 24.3 Å². The summed E-state index contributed by atoms with van der Waals surface area (Å²) < 4.78 is 38.3. The van der Waals surface area contributed by atoms with Crippen LogP contribution in [0.4, 0.5) is 13.2 Å². The average molecular weight is 328 g/mol. The van der Waals surface area contributed by atoms with Gasteiger partial charge in [-0.25, -0.2) is 0 Å². The fourth-order valence-corrected chi connectivity index (χ4v) is 3.48. The zero-order valence-corrected chi connectivity index (χ0v) is 14.2. The lowest BCUT2D eigenvalue weighted by Crippen LogP contribution is -2.56. The van der Waals surface area contributed by atoms with Crippen molar-refractivity contribution < 1.29 is 13.2 Å². The summed E-state index contributed by atoms with van der Waals surface area (Å²) in [6.07, 6.45) is -1.26. The fourth-order valence-electron chi connectivity index (χ4n) is 3.48. The number of alkyl halides is 3. The maximum Gasteiger partial charge on any atom is 0.416 e. The Morgan fingerprint density at radius 2 is 1.78 bits per heavy atom. The molecule has 3 atom stereocenters. The quantitative estimate of drug-likeness (QED) is 0.848. The van der Waals surface area contributed by atoms with Gasteiger partial charge in [-0.15, -0.1) is 0 Å². The fraction of sp³-hybridized carbons (Fsp3) is 0.667. The van der Waals surface area contributed by atoms with Crippen LogP contribution in [0.3, 0.4) is 0 Å². The number of benzene rings is 1. The van der Waals surface area contributed by atoms with Crippen LogP contribution >= 0.6 is 0 Å². The van der Waals surface area contributed by atoms with Gasteiger partial charge in [0.2, 0.25) is 0 Å². The van der Waals surface area contributed by atoms with Gasteiger partial charge in [0.1, 0.15) is 0 Å². The molecular weight excluding hydrogens is 301 g/mol. The highest BCUT2D eigenvalue weighted by Crippen LogP contribution is 2.33. The predicted molar refractivity (Wildman–Crippen MR) is 87.3 cm³/mol. The van der Waals surface area contributed by atoms with Crippen molar-refractivity contribution in [3.8, 4) is 0 Å². The summed E-state index contributed by atoms with van der Waals surface area (Å²) in [5, 5.41) is 3.57. The van der Waals surface area contributed by atoms with Gasteiger partial charge in [0.25, 0.3) is 0 Å². The molecule has 2 rings (SSSR count). The molecule has 0 radical (unpaired) electrons. The molecule has 0 aliphatic carbocycles. The molecule has 1 heterocycles. The van der Waals surface area contributed by atoms with Crippen molar-refractivity contribution in [3.63, 3.8) is 0 Å². The first kappa shape index (κ1) is 18.3. The number of nitrogens with zero attached hydrogens (tertiary/aromatic N) is 1. The monoisotopic (exact) mass is 328 g/mol. The summed E-state index contributed by atoms with van der Waals surface area (Å²) in [6, 6.07) is 6.78. The first-order valence-corrected chi connectivity index (χ1v) is 8.56. The van der Waals surface area contributed by atoms with Crippen LogP contribution in [-0.2, 0) is 6.18 Å². The van der Waals surface area contributed by atoms with E-state index in [1.54, 1.807) is 12.1 Å². The number of nitrogens with one attached hydrogen (secondary N) is 1. The third kappa shape index (κ3) is 4.27. The Morgan fingerprint density at radius 3 is 2.26 bits per heavy atom. The minimum absolute atomic E-state index is 0.179. The molecule has 5 heteroatoms. The maximum atomic E-state index is 12.8. The third-order valence-electron chi connectivity index (χ3n) is 4.92. The van der Waals surface area contributed by atoms with Gasteiger partial charge in [-0.1, -0.05) is 32.9 Å². The topological polar surface area (TPSA) is 15.3 Å². The molecule has 0 spiro atoms. The molecule has 0 aromatic heterocycles.